The van der Waals surface area contributed by atoms with Gasteiger partial charge in [-0.25, -0.2) is 9.18 Å². The number of carboxylic acid groups (broad SMARTS) is 1. The third-order valence-electron chi connectivity index (χ3n) is 4.14. The van der Waals surface area contributed by atoms with Gasteiger partial charge in [-0.1, -0.05) is 72.3 Å². The summed E-state index contributed by atoms with van der Waals surface area (Å²) in [4.78, 5) is 12.9. The molecule has 3 unspecified atom stereocenters. The monoisotopic (exact) mass is 333 g/mol. The standard InChI is InChI=1S/C18H17ClFNO2/c19-18(20)12-16(18)21(17(22)23)15(14-9-5-2-6-10-14)11-13-7-3-1-4-8-13/h1-10,15-16H,11-12H2,(H,22,23). The van der Waals surface area contributed by atoms with Crippen molar-refractivity contribution in [3.8, 4) is 0 Å². The van der Waals surface area contributed by atoms with E-state index in [2.05, 4.69) is 0 Å². The molecular weight excluding hydrogens is 317 g/mol. The Morgan fingerprint density at radius 3 is 2.22 bits per heavy atom. The van der Waals surface area contributed by atoms with E-state index in [-0.39, 0.29) is 6.42 Å². The largest absolute Gasteiger partial charge is 0.465 e. The molecular formula is C18H17ClFNO2. The molecule has 0 aliphatic heterocycles. The Morgan fingerprint density at radius 2 is 1.74 bits per heavy atom. The first kappa shape index (κ1) is 15.8. The number of amides is 1. The number of hydrogen-bond donors (Lipinski definition) is 1. The summed E-state index contributed by atoms with van der Waals surface area (Å²) in [6.45, 7) is 0. The van der Waals surface area contributed by atoms with Gasteiger partial charge in [0.05, 0.1) is 12.1 Å². The molecule has 1 amide bonds. The van der Waals surface area contributed by atoms with E-state index in [0.717, 1.165) is 16.0 Å². The summed E-state index contributed by atoms with van der Waals surface area (Å²) in [6, 6.07) is 17.6. The molecule has 0 saturated heterocycles. The Kier molecular flexibility index (Phi) is 4.26. The van der Waals surface area contributed by atoms with Gasteiger partial charge in [-0.2, -0.15) is 0 Å². The van der Waals surface area contributed by atoms with Crippen molar-refractivity contribution in [3.05, 3.63) is 71.8 Å². The third-order valence-corrected chi connectivity index (χ3v) is 4.55. The molecule has 1 saturated carbocycles. The Hall–Kier alpha value is -2.07. The van der Waals surface area contributed by atoms with Crippen molar-refractivity contribution in [2.45, 2.75) is 30.1 Å². The van der Waals surface area contributed by atoms with E-state index in [9.17, 15) is 14.3 Å². The molecule has 5 heteroatoms. The van der Waals surface area contributed by atoms with Crippen LogP contribution < -0.4 is 0 Å². The van der Waals surface area contributed by atoms with Gasteiger partial charge in [0.15, 0.2) is 0 Å². The van der Waals surface area contributed by atoms with Gasteiger partial charge in [-0.05, 0) is 17.5 Å². The SMILES string of the molecule is O=C(O)N(C(Cc1ccccc1)c1ccccc1)C1CC1(F)Cl. The summed E-state index contributed by atoms with van der Waals surface area (Å²) in [6.07, 6.45) is -0.653. The van der Waals surface area contributed by atoms with Crippen molar-refractivity contribution in [2.24, 2.45) is 0 Å². The second-order valence-electron chi connectivity index (χ2n) is 5.79. The third kappa shape index (κ3) is 3.48. The molecule has 120 valence electrons. The van der Waals surface area contributed by atoms with Crippen LogP contribution in [0, 0.1) is 0 Å². The van der Waals surface area contributed by atoms with Gasteiger partial charge in [-0.15, -0.1) is 0 Å². The zero-order chi connectivity index (χ0) is 16.4. The van der Waals surface area contributed by atoms with Crippen molar-refractivity contribution in [1.82, 2.24) is 4.90 Å². The predicted molar refractivity (Wildman–Crippen MR) is 87.3 cm³/mol. The highest BCUT2D eigenvalue weighted by Crippen LogP contribution is 2.50. The minimum absolute atomic E-state index is 0.0268. The number of carbonyl (C=O) groups is 1. The van der Waals surface area contributed by atoms with Crippen molar-refractivity contribution >= 4 is 17.7 Å². The summed E-state index contributed by atoms with van der Waals surface area (Å²) in [5, 5.41) is 7.67. The van der Waals surface area contributed by atoms with Crippen LogP contribution in [0.1, 0.15) is 23.6 Å². The van der Waals surface area contributed by atoms with Gasteiger partial charge in [0.1, 0.15) is 0 Å². The number of hydrogen-bond acceptors (Lipinski definition) is 1. The lowest BCUT2D eigenvalue weighted by molar-refractivity contribution is 0.111. The molecule has 3 atom stereocenters. The van der Waals surface area contributed by atoms with Gasteiger partial charge in [0.2, 0.25) is 5.13 Å². The summed E-state index contributed by atoms with van der Waals surface area (Å²) in [5.74, 6) is 0. The van der Waals surface area contributed by atoms with Gasteiger partial charge in [0, 0.05) is 6.42 Å². The molecule has 1 aliphatic rings. The first-order valence-corrected chi connectivity index (χ1v) is 7.85. The lowest BCUT2D eigenvalue weighted by Crippen LogP contribution is -2.39. The van der Waals surface area contributed by atoms with Crippen LogP contribution in [0.4, 0.5) is 9.18 Å². The first-order valence-electron chi connectivity index (χ1n) is 7.47. The summed E-state index contributed by atoms with van der Waals surface area (Å²) in [7, 11) is 0. The fourth-order valence-corrected chi connectivity index (χ4v) is 3.13. The van der Waals surface area contributed by atoms with E-state index in [4.69, 9.17) is 11.6 Å². The minimum Gasteiger partial charge on any atom is -0.465 e. The number of benzene rings is 2. The Balaban J connectivity index is 1.95. The van der Waals surface area contributed by atoms with Crippen LogP contribution in [0.3, 0.4) is 0 Å². The summed E-state index contributed by atoms with van der Waals surface area (Å²) < 4.78 is 13.9. The number of halogens is 2. The maximum Gasteiger partial charge on any atom is 0.408 e. The quantitative estimate of drug-likeness (QED) is 0.810. The van der Waals surface area contributed by atoms with Gasteiger partial charge in [0.25, 0.3) is 0 Å². The number of rotatable bonds is 5. The van der Waals surface area contributed by atoms with Crippen LogP contribution in [0.25, 0.3) is 0 Å². The number of nitrogens with zero attached hydrogens (tertiary/aromatic N) is 1. The fourth-order valence-electron chi connectivity index (χ4n) is 2.87. The predicted octanol–water partition coefficient (Wildman–Crippen LogP) is 4.63. The van der Waals surface area contributed by atoms with E-state index in [0.29, 0.717) is 6.42 Å². The lowest BCUT2D eigenvalue weighted by Gasteiger charge is -2.30. The highest BCUT2D eigenvalue weighted by Gasteiger charge is 2.60. The van der Waals surface area contributed by atoms with E-state index in [1.165, 1.54) is 0 Å². The minimum atomic E-state index is -1.96. The zero-order valence-corrected chi connectivity index (χ0v) is 13.2. The molecule has 2 aromatic rings. The molecule has 0 aromatic heterocycles. The smallest absolute Gasteiger partial charge is 0.408 e. The first-order chi connectivity index (χ1) is 11.0. The summed E-state index contributed by atoms with van der Waals surface area (Å²) >= 11 is 5.71. The number of alkyl halides is 2. The van der Waals surface area contributed by atoms with Gasteiger partial charge in [-0.3, -0.25) is 4.90 Å². The van der Waals surface area contributed by atoms with Gasteiger partial charge < -0.3 is 5.11 Å². The van der Waals surface area contributed by atoms with Gasteiger partial charge >= 0.3 is 6.09 Å². The van der Waals surface area contributed by atoms with Crippen LogP contribution >= 0.6 is 11.6 Å². The highest BCUT2D eigenvalue weighted by molar-refractivity contribution is 6.25. The van der Waals surface area contributed by atoms with Crippen molar-refractivity contribution in [1.29, 1.82) is 0 Å². The molecule has 3 rings (SSSR count). The lowest BCUT2D eigenvalue weighted by atomic mass is 9.97. The van der Waals surface area contributed by atoms with E-state index in [1.54, 1.807) is 0 Å². The fraction of sp³-hybridized carbons (Fsp3) is 0.278. The van der Waals surface area contributed by atoms with Crippen LogP contribution in [-0.4, -0.2) is 27.3 Å². The second-order valence-corrected chi connectivity index (χ2v) is 6.42. The zero-order valence-electron chi connectivity index (χ0n) is 12.4. The second kappa shape index (κ2) is 6.20. The maximum atomic E-state index is 13.9. The molecule has 2 aromatic carbocycles. The Bertz CT molecular complexity index is 678. The Labute approximate surface area is 139 Å². The molecule has 3 nitrogen and oxygen atoms in total. The Morgan fingerprint density at radius 1 is 1.22 bits per heavy atom. The van der Waals surface area contributed by atoms with Crippen LogP contribution in [-0.2, 0) is 6.42 Å². The average Bonchev–Trinajstić information content (AvgIpc) is 3.16. The highest BCUT2D eigenvalue weighted by atomic mass is 35.5. The molecule has 1 N–H and O–H groups in total. The van der Waals surface area contributed by atoms with Crippen molar-refractivity contribution in [3.63, 3.8) is 0 Å². The van der Waals surface area contributed by atoms with Crippen molar-refractivity contribution in [2.75, 3.05) is 0 Å². The van der Waals surface area contributed by atoms with Crippen molar-refractivity contribution < 1.29 is 14.3 Å². The topological polar surface area (TPSA) is 40.5 Å². The maximum absolute atomic E-state index is 13.9. The van der Waals surface area contributed by atoms with E-state index in [1.807, 2.05) is 60.7 Å². The molecule has 0 bridgehead atoms. The van der Waals surface area contributed by atoms with Crippen LogP contribution in [0.5, 0.6) is 0 Å². The van der Waals surface area contributed by atoms with Crippen LogP contribution in [0.15, 0.2) is 60.7 Å². The normalized spacial score (nSPS) is 24.0. The molecule has 1 fully saturated rings. The average molecular weight is 334 g/mol. The molecule has 0 spiro atoms. The van der Waals surface area contributed by atoms with E-state index < -0.39 is 23.3 Å². The molecule has 23 heavy (non-hydrogen) atoms. The molecule has 0 radical (unpaired) electrons. The summed E-state index contributed by atoms with van der Waals surface area (Å²) in [5.41, 5.74) is 1.82. The van der Waals surface area contributed by atoms with Crippen LogP contribution in [0.2, 0.25) is 0 Å². The molecule has 1 aliphatic carbocycles. The van der Waals surface area contributed by atoms with E-state index >= 15 is 0 Å². The molecule has 0 heterocycles.